The molecule has 31 heavy (non-hydrogen) atoms. The Morgan fingerprint density at radius 3 is 2.55 bits per heavy atom. The fourth-order valence-corrected chi connectivity index (χ4v) is 5.04. The molecule has 0 radical (unpaired) electrons. The summed E-state index contributed by atoms with van der Waals surface area (Å²) in [7, 11) is 0. The van der Waals surface area contributed by atoms with Gasteiger partial charge in [0.15, 0.2) is 0 Å². The first-order valence-corrected chi connectivity index (χ1v) is 11.4. The van der Waals surface area contributed by atoms with E-state index in [0.717, 1.165) is 18.5 Å². The third kappa shape index (κ3) is 3.60. The molecule has 5 heteroatoms. The summed E-state index contributed by atoms with van der Waals surface area (Å²) in [6.07, 6.45) is 11.5. The van der Waals surface area contributed by atoms with Gasteiger partial charge in [-0.3, -0.25) is 10.1 Å². The predicted molar refractivity (Wildman–Crippen MR) is 126 cm³/mol. The van der Waals surface area contributed by atoms with Crippen LogP contribution in [0.15, 0.2) is 48.5 Å². The van der Waals surface area contributed by atoms with E-state index in [-0.39, 0.29) is 16.0 Å². The van der Waals surface area contributed by atoms with E-state index in [4.69, 9.17) is 4.74 Å². The number of para-hydroxylation sites is 1. The molecule has 0 unspecified atom stereocenters. The minimum absolute atomic E-state index is 0.0841. The number of nitro benzene ring substituents is 1. The fraction of sp³-hybridized carbons (Fsp3) is 0.462. The van der Waals surface area contributed by atoms with Crippen molar-refractivity contribution < 1.29 is 9.66 Å². The number of non-ortho nitro benzene ring substituents is 1. The summed E-state index contributed by atoms with van der Waals surface area (Å²) in [6, 6.07) is 13.4. The molecule has 0 saturated carbocycles. The molecule has 2 aliphatic heterocycles. The normalized spacial score (nSPS) is 20.4. The smallest absolute Gasteiger partial charge is 0.270 e. The van der Waals surface area contributed by atoms with Gasteiger partial charge >= 0.3 is 0 Å². The molecule has 4 rings (SSSR count). The summed E-state index contributed by atoms with van der Waals surface area (Å²) in [5.41, 5.74) is 2.41. The number of ether oxygens (including phenoxy) is 1. The van der Waals surface area contributed by atoms with Crippen molar-refractivity contribution in [3.8, 4) is 5.75 Å². The van der Waals surface area contributed by atoms with Crippen molar-refractivity contribution in [2.45, 2.75) is 70.4 Å². The Bertz CT molecular complexity index is 998. The van der Waals surface area contributed by atoms with Gasteiger partial charge in [0.05, 0.1) is 10.3 Å². The van der Waals surface area contributed by atoms with E-state index < -0.39 is 5.72 Å². The minimum atomic E-state index is -0.650. The number of hydrogen-bond donors (Lipinski definition) is 0. The van der Waals surface area contributed by atoms with Crippen molar-refractivity contribution in [2.24, 2.45) is 0 Å². The van der Waals surface area contributed by atoms with Gasteiger partial charge in [-0.05, 0) is 50.1 Å². The van der Waals surface area contributed by atoms with Crippen molar-refractivity contribution in [1.29, 1.82) is 0 Å². The highest BCUT2D eigenvalue weighted by atomic mass is 16.6. The van der Waals surface area contributed by atoms with Crippen LogP contribution in [0.1, 0.15) is 70.4 Å². The summed E-state index contributed by atoms with van der Waals surface area (Å²) < 4.78 is 6.74. The molecule has 2 aromatic carbocycles. The number of benzene rings is 2. The van der Waals surface area contributed by atoms with Crippen LogP contribution < -0.4 is 9.64 Å². The molecule has 2 aromatic rings. The van der Waals surface area contributed by atoms with Crippen LogP contribution in [-0.4, -0.2) is 17.2 Å². The molecule has 0 bridgehead atoms. The van der Waals surface area contributed by atoms with Gasteiger partial charge in [-0.25, -0.2) is 0 Å². The van der Waals surface area contributed by atoms with E-state index in [1.54, 1.807) is 12.1 Å². The van der Waals surface area contributed by atoms with Crippen LogP contribution in [0.3, 0.4) is 0 Å². The molecule has 0 saturated heterocycles. The van der Waals surface area contributed by atoms with Crippen LogP contribution in [0.25, 0.3) is 6.08 Å². The number of rotatable bonds is 8. The van der Waals surface area contributed by atoms with Gasteiger partial charge in [-0.2, -0.15) is 0 Å². The molecule has 0 amide bonds. The lowest BCUT2D eigenvalue weighted by molar-refractivity contribution is -0.384. The molecule has 1 spiro atoms. The molecule has 0 fully saturated rings. The summed E-state index contributed by atoms with van der Waals surface area (Å²) in [5.74, 6) is 0.696. The Kier molecular flexibility index (Phi) is 5.78. The van der Waals surface area contributed by atoms with Gasteiger partial charge < -0.3 is 9.64 Å². The van der Waals surface area contributed by atoms with Gasteiger partial charge in [-0.15, -0.1) is 0 Å². The highest BCUT2D eigenvalue weighted by Gasteiger charge is 2.58. The maximum atomic E-state index is 11.2. The maximum Gasteiger partial charge on any atom is 0.270 e. The van der Waals surface area contributed by atoms with E-state index in [1.165, 1.54) is 49.4 Å². The lowest BCUT2D eigenvalue weighted by Crippen LogP contribution is -2.59. The molecule has 1 atom stereocenters. The topological polar surface area (TPSA) is 55.6 Å². The molecule has 0 aliphatic carbocycles. The number of hydrogen-bond acceptors (Lipinski definition) is 4. The fourth-order valence-electron chi connectivity index (χ4n) is 5.04. The average molecular weight is 421 g/mol. The predicted octanol–water partition coefficient (Wildman–Crippen LogP) is 6.86. The second kappa shape index (κ2) is 8.37. The van der Waals surface area contributed by atoms with Crippen LogP contribution in [0.5, 0.6) is 5.75 Å². The number of anilines is 1. The Morgan fingerprint density at radius 2 is 1.77 bits per heavy atom. The lowest BCUT2D eigenvalue weighted by Gasteiger charge is -2.47. The molecule has 0 N–H and O–H groups in total. The zero-order valence-electron chi connectivity index (χ0n) is 18.8. The van der Waals surface area contributed by atoms with Gasteiger partial charge in [0.2, 0.25) is 5.72 Å². The highest BCUT2D eigenvalue weighted by Crippen LogP contribution is 2.55. The summed E-state index contributed by atoms with van der Waals surface area (Å²) in [6.45, 7) is 7.62. The summed E-state index contributed by atoms with van der Waals surface area (Å²) in [5, 5.41) is 11.2. The summed E-state index contributed by atoms with van der Waals surface area (Å²) in [4.78, 5) is 13.2. The van der Waals surface area contributed by atoms with Crippen LogP contribution in [0, 0.1) is 10.1 Å². The zero-order valence-corrected chi connectivity index (χ0v) is 18.8. The van der Waals surface area contributed by atoms with Crippen molar-refractivity contribution in [3.05, 3.63) is 69.8 Å². The van der Waals surface area contributed by atoms with Crippen LogP contribution in [-0.2, 0) is 5.41 Å². The van der Waals surface area contributed by atoms with Gasteiger partial charge in [-0.1, -0.05) is 57.2 Å². The number of fused-ring (bicyclic) bond motifs is 2. The highest BCUT2D eigenvalue weighted by molar-refractivity contribution is 5.73. The average Bonchev–Trinajstić information content (AvgIpc) is 2.94. The Hall–Kier alpha value is -2.82. The van der Waals surface area contributed by atoms with Crippen LogP contribution in [0.2, 0.25) is 0 Å². The van der Waals surface area contributed by atoms with Gasteiger partial charge in [0.1, 0.15) is 5.75 Å². The number of nitrogens with zero attached hydrogens (tertiary/aromatic N) is 2. The Morgan fingerprint density at radius 1 is 1.03 bits per heavy atom. The van der Waals surface area contributed by atoms with Crippen molar-refractivity contribution in [1.82, 2.24) is 0 Å². The van der Waals surface area contributed by atoms with E-state index in [1.807, 2.05) is 6.08 Å². The van der Waals surface area contributed by atoms with E-state index in [9.17, 15) is 10.1 Å². The third-order valence-corrected chi connectivity index (χ3v) is 6.86. The largest absolute Gasteiger partial charge is 0.463 e. The van der Waals surface area contributed by atoms with Gasteiger partial charge in [0.25, 0.3) is 5.69 Å². The molecule has 2 heterocycles. The first-order chi connectivity index (χ1) is 14.9. The molecule has 2 aliphatic rings. The second-order valence-electron chi connectivity index (χ2n) is 9.17. The van der Waals surface area contributed by atoms with Crippen LogP contribution in [0.4, 0.5) is 11.4 Å². The van der Waals surface area contributed by atoms with E-state index >= 15 is 0 Å². The molecular formula is C26H32N2O3. The quantitative estimate of drug-likeness (QED) is 0.266. The van der Waals surface area contributed by atoms with E-state index in [0.29, 0.717) is 5.75 Å². The monoisotopic (exact) mass is 420 g/mol. The number of nitro groups is 1. The lowest BCUT2D eigenvalue weighted by atomic mass is 9.76. The summed E-state index contributed by atoms with van der Waals surface area (Å²) >= 11 is 0. The maximum absolute atomic E-state index is 11.2. The minimum Gasteiger partial charge on any atom is -0.463 e. The van der Waals surface area contributed by atoms with Crippen LogP contribution >= 0.6 is 0 Å². The van der Waals surface area contributed by atoms with Crippen molar-refractivity contribution in [2.75, 3.05) is 11.4 Å². The third-order valence-electron chi connectivity index (χ3n) is 6.86. The number of unbranched alkanes of at least 4 members (excludes halogenated alkanes) is 5. The van der Waals surface area contributed by atoms with E-state index in [2.05, 4.69) is 56.0 Å². The Labute approximate surface area is 184 Å². The van der Waals surface area contributed by atoms with Crippen molar-refractivity contribution in [3.63, 3.8) is 0 Å². The Balaban J connectivity index is 1.66. The van der Waals surface area contributed by atoms with Crippen molar-refractivity contribution >= 4 is 17.5 Å². The SMILES string of the molecule is CCCCCCCCN1c2ccccc2C(C)(C)[C@]12C=Cc1cc([N+](=O)[O-])ccc1O2. The first kappa shape index (κ1) is 21.4. The zero-order chi connectivity index (χ0) is 22.1. The van der Waals surface area contributed by atoms with Gasteiger partial charge in [0, 0.05) is 29.9 Å². The standard InChI is InChI=1S/C26H32N2O3/c1-4-5-6-7-8-11-18-27-23-13-10-9-12-22(23)25(2,3)26(27)17-16-20-19-21(28(29)30)14-15-24(20)31-26/h9-10,12-17,19H,4-8,11,18H2,1-3H3/t26-/m1/s1. The molecule has 0 aromatic heterocycles. The molecule has 164 valence electrons. The second-order valence-corrected chi connectivity index (χ2v) is 9.17. The molecular weight excluding hydrogens is 388 g/mol. The first-order valence-electron chi connectivity index (χ1n) is 11.4. The molecule has 5 nitrogen and oxygen atoms in total.